The Morgan fingerprint density at radius 2 is 2.27 bits per heavy atom. The van der Waals surface area contributed by atoms with Crippen LogP contribution in [0.15, 0.2) is 18.5 Å². The van der Waals surface area contributed by atoms with Crippen molar-refractivity contribution in [3.8, 4) is 0 Å². The predicted octanol–water partition coefficient (Wildman–Crippen LogP) is 2.83. The van der Waals surface area contributed by atoms with Gasteiger partial charge in [0, 0.05) is 6.42 Å². The molecule has 0 N–H and O–H groups in total. The van der Waals surface area contributed by atoms with Crippen LogP contribution in [0.3, 0.4) is 0 Å². The van der Waals surface area contributed by atoms with Crippen molar-refractivity contribution in [3.05, 3.63) is 29.5 Å². The molecular weight excluding hydrogens is 308 g/mol. The van der Waals surface area contributed by atoms with Crippen molar-refractivity contribution in [1.29, 1.82) is 0 Å². The molecule has 0 unspecified atom stereocenters. The van der Waals surface area contributed by atoms with Gasteiger partial charge in [0.2, 0.25) is 5.28 Å². The lowest BCUT2D eigenvalue weighted by molar-refractivity contribution is 0.0387. The summed E-state index contributed by atoms with van der Waals surface area (Å²) in [5, 5.41) is 0.188. The quantitative estimate of drug-likeness (QED) is 0.491. The number of nitrogens with zero attached hydrogens (tertiary/aromatic N) is 4. The summed E-state index contributed by atoms with van der Waals surface area (Å²) in [5.74, 6) is 0. The van der Waals surface area contributed by atoms with Gasteiger partial charge in [-0.2, -0.15) is 4.98 Å². The van der Waals surface area contributed by atoms with E-state index in [4.69, 9.17) is 21.1 Å². The van der Waals surface area contributed by atoms with Gasteiger partial charge in [-0.15, -0.1) is 0 Å². The van der Waals surface area contributed by atoms with Gasteiger partial charge in [0.25, 0.3) is 0 Å². The number of halogens is 1. The third-order valence-corrected chi connectivity index (χ3v) is 3.63. The molecule has 0 aromatic carbocycles. The van der Waals surface area contributed by atoms with Gasteiger partial charge in [0.15, 0.2) is 5.65 Å². The normalized spacial score (nSPS) is 20.5. The van der Waals surface area contributed by atoms with Gasteiger partial charge in [0.05, 0.1) is 24.7 Å². The van der Waals surface area contributed by atoms with Gasteiger partial charge in [-0.05, 0) is 31.5 Å². The van der Waals surface area contributed by atoms with Gasteiger partial charge in [-0.1, -0.05) is 6.08 Å². The van der Waals surface area contributed by atoms with Crippen LogP contribution in [-0.4, -0.2) is 38.4 Å². The minimum atomic E-state index is -0.658. The topological polar surface area (TPSA) is 79.1 Å². The van der Waals surface area contributed by atoms with Crippen LogP contribution in [0.5, 0.6) is 0 Å². The Bertz CT molecular complexity index is 743. The van der Waals surface area contributed by atoms with Gasteiger partial charge in [0.1, 0.15) is 11.6 Å². The van der Waals surface area contributed by atoms with E-state index >= 15 is 0 Å². The number of hydrogen-bond donors (Lipinski definition) is 0. The third-order valence-electron chi connectivity index (χ3n) is 3.46. The standard InChI is InChI=1S/C14H15ClN4O3/c1-3-21-14(20)22-10-5-4-9(6-10)19-7-16-11-8(2)17-13(15)18-12(11)19/h4-5,7,9-10H,3,6H2,1-2H3/t9-,10+/m0/s1. The molecule has 7 nitrogen and oxygen atoms in total. The molecule has 8 heteroatoms. The lowest BCUT2D eigenvalue weighted by Crippen LogP contribution is -2.17. The number of aryl methyl sites for hydroxylation is 1. The lowest BCUT2D eigenvalue weighted by Gasteiger charge is -2.14. The number of ether oxygens (including phenoxy) is 2. The van der Waals surface area contributed by atoms with Crippen LogP contribution < -0.4 is 0 Å². The molecule has 0 radical (unpaired) electrons. The van der Waals surface area contributed by atoms with Crippen molar-refractivity contribution in [3.63, 3.8) is 0 Å². The zero-order valence-corrected chi connectivity index (χ0v) is 12.9. The fourth-order valence-electron chi connectivity index (χ4n) is 2.48. The molecule has 1 aliphatic rings. The van der Waals surface area contributed by atoms with Gasteiger partial charge < -0.3 is 14.0 Å². The average molecular weight is 323 g/mol. The second kappa shape index (κ2) is 5.92. The molecule has 2 aromatic heterocycles. The van der Waals surface area contributed by atoms with Crippen LogP contribution in [0.1, 0.15) is 25.1 Å². The second-order valence-corrected chi connectivity index (χ2v) is 5.27. The summed E-state index contributed by atoms with van der Waals surface area (Å²) < 4.78 is 11.9. The average Bonchev–Trinajstić information content (AvgIpc) is 3.05. The largest absolute Gasteiger partial charge is 0.508 e. The van der Waals surface area contributed by atoms with E-state index in [1.165, 1.54) is 0 Å². The first-order valence-electron chi connectivity index (χ1n) is 6.97. The van der Waals surface area contributed by atoms with Crippen molar-refractivity contribution in [2.75, 3.05) is 6.61 Å². The predicted molar refractivity (Wildman–Crippen MR) is 79.8 cm³/mol. The highest BCUT2D eigenvalue weighted by atomic mass is 35.5. The van der Waals surface area contributed by atoms with E-state index in [-0.39, 0.29) is 17.4 Å². The van der Waals surface area contributed by atoms with Crippen LogP contribution in [0, 0.1) is 6.92 Å². The minimum Gasteiger partial charge on any atom is -0.435 e. The maximum Gasteiger partial charge on any atom is 0.508 e. The number of aromatic nitrogens is 4. The van der Waals surface area contributed by atoms with Crippen LogP contribution in [0.25, 0.3) is 11.2 Å². The van der Waals surface area contributed by atoms with Crippen molar-refractivity contribution >= 4 is 28.9 Å². The Morgan fingerprint density at radius 1 is 1.45 bits per heavy atom. The number of hydrogen-bond acceptors (Lipinski definition) is 6. The highest BCUT2D eigenvalue weighted by Crippen LogP contribution is 2.29. The zero-order chi connectivity index (χ0) is 15.7. The Hall–Kier alpha value is -2.15. The van der Waals surface area contributed by atoms with E-state index in [2.05, 4.69) is 15.0 Å². The summed E-state index contributed by atoms with van der Waals surface area (Å²) in [7, 11) is 0. The van der Waals surface area contributed by atoms with E-state index in [1.54, 1.807) is 13.3 Å². The lowest BCUT2D eigenvalue weighted by atomic mass is 10.2. The summed E-state index contributed by atoms with van der Waals surface area (Å²) in [6.07, 6.45) is 5.11. The minimum absolute atomic E-state index is 0.00482. The Labute approximate surface area is 131 Å². The fourth-order valence-corrected chi connectivity index (χ4v) is 2.69. The number of allylic oxidation sites excluding steroid dienone is 1. The number of rotatable bonds is 3. The maximum atomic E-state index is 11.4. The van der Waals surface area contributed by atoms with Crippen LogP contribution in [-0.2, 0) is 9.47 Å². The Kier molecular flexibility index (Phi) is 3.98. The summed E-state index contributed by atoms with van der Waals surface area (Å²) in [6, 6.07) is -0.00482. The van der Waals surface area contributed by atoms with Crippen molar-refractivity contribution in [2.45, 2.75) is 32.4 Å². The highest BCUT2D eigenvalue weighted by molar-refractivity contribution is 6.28. The molecule has 0 fully saturated rings. The fraction of sp³-hybridized carbons (Fsp3) is 0.429. The van der Waals surface area contributed by atoms with Crippen molar-refractivity contribution < 1.29 is 14.3 Å². The molecule has 0 saturated heterocycles. The van der Waals surface area contributed by atoms with Gasteiger partial charge in [-0.25, -0.2) is 14.8 Å². The van der Waals surface area contributed by atoms with Gasteiger partial charge in [-0.3, -0.25) is 0 Å². The molecule has 2 aromatic rings. The van der Waals surface area contributed by atoms with Crippen LogP contribution in [0.4, 0.5) is 4.79 Å². The van der Waals surface area contributed by atoms with Crippen LogP contribution >= 0.6 is 11.6 Å². The van der Waals surface area contributed by atoms with E-state index in [1.807, 2.05) is 23.6 Å². The van der Waals surface area contributed by atoms with E-state index in [0.29, 0.717) is 24.2 Å². The SMILES string of the molecule is CCOC(=O)O[C@@H]1C=C[C@H](n2cnc3c(C)nc(Cl)nc32)C1. The molecule has 2 heterocycles. The van der Waals surface area contributed by atoms with E-state index in [0.717, 1.165) is 5.69 Å². The molecule has 1 aliphatic carbocycles. The molecule has 0 amide bonds. The zero-order valence-electron chi connectivity index (χ0n) is 12.2. The number of fused-ring (bicyclic) bond motifs is 1. The smallest absolute Gasteiger partial charge is 0.435 e. The summed E-state index contributed by atoms with van der Waals surface area (Å²) in [4.78, 5) is 24.0. The second-order valence-electron chi connectivity index (χ2n) is 4.93. The molecule has 0 aliphatic heterocycles. The molecule has 116 valence electrons. The monoisotopic (exact) mass is 322 g/mol. The number of carbonyl (C=O) groups excluding carboxylic acids is 1. The first-order chi connectivity index (χ1) is 10.6. The van der Waals surface area contributed by atoms with Crippen molar-refractivity contribution in [2.24, 2.45) is 0 Å². The highest BCUT2D eigenvalue weighted by Gasteiger charge is 2.25. The Morgan fingerprint density at radius 3 is 3.05 bits per heavy atom. The summed E-state index contributed by atoms with van der Waals surface area (Å²) >= 11 is 5.92. The first-order valence-corrected chi connectivity index (χ1v) is 7.34. The molecule has 0 saturated carbocycles. The summed E-state index contributed by atoms with van der Waals surface area (Å²) in [5.41, 5.74) is 2.12. The van der Waals surface area contributed by atoms with E-state index < -0.39 is 6.16 Å². The molecule has 2 atom stereocenters. The molecule has 3 rings (SSSR count). The third kappa shape index (κ3) is 2.76. The van der Waals surface area contributed by atoms with Gasteiger partial charge >= 0.3 is 6.16 Å². The maximum absolute atomic E-state index is 11.4. The van der Waals surface area contributed by atoms with Crippen molar-refractivity contribution in [1.82, 2.24) is 19.5 Å². The van der Waals surface area contributed by atoms with Crippen LogP contribution in [0.2, 0.25) is 5.28 Å². The molecular formula is C14H15ClN4O3. The first kappa shape index (κ1) is 14.8. The Balaban J connectivity index is 1.79. The molecule has 0 bridgehead atoms. The number of carbonyl (C=O) groups is 1. The number of imidazole rings is 1. The molecule has 22 heavy (non-hydrogen) atoms. The van der Waals surface area contributed by atoms with E-state index in [9.17, 15) is 4.79 Å². The summed E-state index contributed by atoms with van der Waals surface area (Å²) in [6.45, 7) is 3.86. The molecule has 0 spiro atoms.